The molecule has 6 rings (SSSR count). The van der Waals surface area contributed by atoms with E-state index in [2.05, 4.69) is 195 Å². The van der Waals surface area contributed by atoms with E-state index in [1.807, 2.05) is 0 Å². The van der Waals surface area contributed by atoms with E-state index in [0.29, 0.717) is 0 Å². The zero-order chi connectivity index (χ0) is 28.5. The zero-order valence-corrected chi connectivity index (χ0v) is 30.8. The topological polar surface area (TPSA) is 0 Å². The van der Waals surface area contributed by atoms with Gasteiger partial charge in [0.25, 0.3) is 0 Å². The molecule has 0 aromatic heterocycles. The molecule has 0 spiro atoms. The maximum Gasteiger partial charge on any atom is 2.00 e. The summed E-state index contributed by atoms with van der Waals surface area (Å²) in [6.45, 7) is 0. The summed E-state index contributed by atoms with van der Waals surface area (Å²) in [5.74, 6) is 1.65. The Balaban J connectivity index is 0.000000250. The van der Waals surface area contributed by atoms with Gasteiger partial charge in [0.2, 0.25) is 0 Å². The van der Waals surface area contributed by atoms with Gasteiger partial charge in [-0.2, -0.15) is 11.5 Å². The van der Waals surface area contributed by atoms with Crippen molar-refractivity contribution in [1.29, 1.82) is 0 Å². The zero-order valence-electron chi connectivity index (χ0n) is 23.8. The van der Waals surface area contributed by atoms with Gasteiger partial charge in [0.05, 0.1) is 21.2 Å². The summed E-state index contributed by atoms with van der Waals surface area (Å²) in [7, 11) is -1.67. The van der Waals surface area contributed by atoms with Gasteiger partial charge in [0.1, 0.15) is 0 Å². The Bertz CT molecular complexity index is 1270. The van der Waals surface area contributed by atoms with E-state index < -0.39 is 15.8 Å². The van der Waals surface area contributed by atoms with Crippen LogP contribution in [0.5, 0.6) is 0 Å². The first-order valence-corrected chi connectivity index (χ1v) is 18.0. The molecule has 0 radical (unpaired) electrons. The maximum absolute atomic E-state index is 4.58. The van der Waals surface area contributed by atoms with Crippen LogP contribution >= 0.6 is 15.8 Å². The minimum atomic E-state index is -0.834. The third kappa shape index (κ3) is 12.0. The molecule has 0 saturated heterocycles. The smallest absolute Gasteiger partial charge is 0.793 e. The van der Waals surface area contributed by atoms with E-state index in [9.17, 15) is 0 Å². The molecule has 0 N–H and O–H groups in total. The van der Waals surface area contributed by atoms with Gasteiger partial charge < -0.3 is 25.3 Å². The standard InChI is InChI=1S/2C17H15P.C3H8S2.Fe.Pt/c2*1-3-9-15(10-4-1)18(17-13-7-8-14-17)16-11-5-2-6-12-16;4-2-1-3-5;;/h2*1-14,18H;4-5H,1-3H2;;/q;;;;+2/p-2. The molecule has 0 aliphatic rings. The fourth-order valence-corrected chi connectivity index (χ4v) is 10.2. The molecule has 0 fully saturated rings. The van der Waals surface area contributed by atoms with E-state index in [1.165, 1.54) is 31.8 Å². The van der Waals surface area contributed by atoms with Crippen LogP contribution < -0.4 is 31.8 Å². The van der Waals surface area contributed by atoms with Crippen LogP contribution in [0.1, 0.15) is 6.42 Å². The Morgan fingerprint density at radius 3 is 0.814 bits per heavy atom. The Kier molecular flexibility index (Phi) is 19.2. The summed E-state index contributed by atoms with van der Waals surface area (Å²) in [5.41, 5.74) is 0. The Hall–Kier alpha value is -1.65. The second kappa shape index (κ2) is 21.9. The Morgan fingerprint density at radius 1 is 0.395 bits per heavy atom. The second-order valence-corrected chi connectivity index (χ2v) is 15.1. The van der Waals surface area contributed by atoms with E-state index in [-0.39, 0.29) is 38.1 Å². The van der Waals surface area contributed by atoms with Gasteiger partial charge in [-0.05, 0) is 59.1 Å². The average molecular weight is 858 g/mol. The van der Waals surface area contributed by atoms with Crippen LogP contribution in [0.2, 0.25) is 0 Å². The molecule has 224 valence electrons. The average Bonchev–Trinajstić information content (AvgIpc) is 3.77. The van der Waals surface area contributed by atoms with Crippen molar-refractivity contribution in [2.75, 3.05) is 11.5 Å². The Labute approximate surface area is 296 Å². The molecule has 0 atom stereocenters. The third-order valence-corrected chi connectivity index (χ3v) is 12.5. The van der Waals surface area contributed by atoms with Crippen LogP contribution in [0.25, 0.3) is 0 Å². The van der Waals surface area contributed by atoms with Gasteiger partial charge in [0.15, 0.2) is 0 Å². The first-order valence-electron chi connectivity index (χ1n) is 13.9. The number of hydrogen-bond acceptors (Lipinski definition) is 2. The summed E-state index contributed by atoms with van der Waals surface area (Å²) in [5, 5.41) is 8.69. The maximum atomic E-state index is 4.58. The van der Waals surface area contributed by atoms with Crippen LogP contribution in [0.15, 0.2) is 170 Å². The van der Waals surface area contributed by atoms with E-state index in [1.54, 1.807) is 0 Å². The van der Waals surface area contributed by atoms with Crippen molar-refractivity contribution in [1.82, 2.24) is 0 Å². The predicted molar refractivity (Wildman–Crippen MR) is 193 cm³/mol. The number of benzene rings is 4. The van der Waals surface area contributed by atoms with Crippen LogP contribution in [-0.4, -0.2) is 11.5 Å². The molecule has 6 aromatic rings. The van der Waals surface area contributed by atoms with Crippen molar-refractivity contribution in [3.63, 3.8) is 0 Å². The molecule has 0 heterocycles. The SMILES string of the molecule is [Fe].[Pt+2].[S-]CCC[S-].c1ccc([PH+](c2ccccc2)[c-]2cccc2)cc1.c1ccc([PH+](c2ccccc2)[c-]2cccc2)cc1. The summed E-state index contributed by atoms with van der Waals surface area (Å²) < 4.78 is 0. The summed E-state index contributed by atoms with van der Waals surface area (Å²) >= 11 is 9.17. The molecule has 0 nitrogen and oxygen atoms in total. The summed E-state index contributed by atoms with van der Waals surface area (Å²) in [6, 6.07) is 60.8. The number of hydrogen-bond donors (Lipinski definition) is 0. The predicted octanol–water partition coefficient (Wildman–Crippen LogP) is 6.26. The molecule has 6 heteroatoms. The summed E-state index contributed by atoms with van der Waals surface area (Å²) in [4.78, 5) is 0. The minimum Gasteiger partial charge on any atom is -0.793 e. The van der Waals surface area contributed by atoms with Crippen molar-refractivity contribution < 1.29 is 38.1 Å². The van der Waals surface area contributed by atoms with Gasteiger partial charge in [-0.15, -0.1) is 24.3 Å². The van der Waals surface area contributed by atoms with Crippen molar-refractivity contribution >= 4 is 72.9 Å². The molecular weight excluding hydrogens is 821 g/mol. The van der Waals surface area contributed by atoms with Crippen LogP contribution in [0.3, 0.4) is 0 Å². The van der Waals surface area contributed by atoms with Gasteiger partial charge in [-0.25, -0.2) is 24.3 Å². The second-order valence-electron chi connectivity index (χ2n) is 9.32. The van der Waals surface area contributed by atoms with Crippen LogP contribution in [-0.2, 0) is 63.4 Å². The van der Waals surface area contributed by atoms with Gasteiger partial charge >= 0.3 is 21.1 Å². The van der Waals surface area contributed by atoms with Crippen molar-refractivity contribution in [3.05, 3.63) is 170 Å². The molecule has 0 aliphatic heterocycles. The molecule has 0 bridgehead atoms. The quantitative estimate of drug-likeness (QED) is 0.0769. The van der Waals surface area contributed by atoms with Crippen molar-refractivity contribution in [2.45, 2.75) is 6.42 Å². The normalized spacial score (nSPS) is 9.95. The fourth-order valence-electron chi connectivity index (χ4n) is 4.56. The summed E-state index contributed by atoms with van der Waals surface area (Å²) in [6.07, 6.45) is 1.02. The molecule has 0 saturated carbocycles. The van der Waals surface area contributed by atoms with Gasteiger partial charge in [0, 0.05) is 32.9 Å². The first kappa shape index (κ1) is 37.5. The molecule has 0 aliphatic carbocycles. The van der Waals surface area contributed by atoms with Crippen LogP contribution in [0.4, 0.5) is 0 Å². The molecular formula is C37H36FeP2PtS2. The molecule has 0 unspecified atom stereocenters. The minimum absolute atomic E-state index is 0. The van der Waals surface area contributed by atoms with Crippen molar-refractivity contribution in [2.24, 2.45) is 0 Å². The fraction of sp³-hybridized carbons (Fsp3) is 0.0811. The molecule has 43 heavy (non-hydrogen) atoms. The van der Waals surface area contributed by atoms with Crippen LogP contribution in [0, 0.1) is 0 Å². The molecule has 6 aromatic carbocycles. The third-order valence-electron chi connectivity index (χ3n) is 6.44. The van der Waals surface area contributed by atoms with Gasteiger partial charge in [-0.1, -0.05) is 79.2 Å². The first-order chi connectivity index (χ1) is 20.3. The van der Waals surface area contributed by atoms with Crippen molar-refractivity contribution in [3.8, 4) is 0 Å². The largest absolute Gasteiger partial charge is 2.00 e. The van der Waals surface area contributed by atoms with E-state index >= 15 is 0 Å². The van der Waals surface area contributed by atoms with E-state index in [0.717, 1.165) is 17.9 Å². The monoisotopic (exact) mass is 857 g/mol. The van der Waals surface area contributed by atoms with Gasteiger partial charge in [-0.3, -0.25) is 0 Å². The van der Waals surface area contributed by atoms with E-state index in [4.69, 9.17) is 0 Å². The Morgan fingerprint density at radius 2 is 0.628 bits per heavy atom. The molecule has 0 amide bonds. The number of rotatable bonds is 8.